The summed E-state index contributed by atoms with van der Waals surface area (Å²) in [5, 5.41) is 0.629. The van der Waals surface area contributed by atoms with Crippen LogP contribution in [0.2, 0.25) is 0 Å². The molecule has 1 aliphatic rings. The smallest absolute Gasteiger partial charge is 0.243 e. The summed E-state index contributed by atoms with van der Waals surface area (Å²) in [5.74, 6) is 0.424. The van der Waals surface area contributed by atoms with Crippen molar-refractivity contribution in [1.82, 2.24) is 9.71 Å². The molecule has 1 fully saturated rings. The van der Waals surface area contributed by atoms with Gasteiger partial charge < -0.3 is 10.7 Å². The number of fused-ring (bicyclic) bond motifs is 1. The highest BCUT2D eigenvalue weighted by Crippen LogP contribution is 2.40. The van der Waals surface area contributed by atoms with Crippen LogP contribution in [-0.2, 0) is 10.0 Å². The number of hydrogen-bond acceptors (Lipinski definition) is 3. The van der Waals surface area contributed by atoms with E-state index < -0.39 is 15.6 Å². The first-order chi connectivity index (χ1) is 9.29. The SMILES string of the molecule is CC(C)(NS(=O)(=O)c1c[nH]c2ccc(N)cc12)C1CC1. The highest BCUT2D eigenvalue weighted by molar-refractivity contribution is 7.89. The molecule has 0 bridgehead atoms. The summed E-state index contributed by atoms with van der Waals surface area (Å²) in [5.41, 5.74) is 6.66. The van der Waals surface area contributed by atoms with Gasteiger partial charge in [-0.3, -0.25) is 0 Å². The minimum Gasteiger partial charge on any atom is -0.399 e. The van der Waals surface area contributed by atoms with Crippen LogP contribution in [0.25, 0.3) is 10.9 Å². The molecular formula is C14H19N3O2S. The van der Waals surface area contributed by atoms with Crippen molar-refractivity contribution >= 4 is 26.6 Å². The van der Waals surface area contributed by atoms with Crippen molar-refractivity contribution in [1.29, 1.82) is 0 Å². The topological polar surface area (TPSA) is 88.0 Å². The third kappa shape index (κ3) is 2.29. The van der Waals surface area contributed by atoms with Crippen LogP contribution in [-0.4, -0.2) is 18.9 Å². The van der Waals surface area contributed by atoms with Crippen LogP contribution in [0.1, 0.15) is 26.7 Å². The van der Waals surface area contributed by atoms with Gasteiger partial charge in [0.2, 0.25) is 10.0 Å². The minimum absolute atomic E-state index is 0.258. The van der Waals surface area contributed by atoms with Crippen LogP contribution in [0, 0.1) is 5.92 Å². The van der Waals surface area contributed by atoms with E-state index in [0.717, 1.165) is 18.4 Å². The Morgan fingerprint density at radius 2 is 2.05 bits per heavy atom. The molecule has 1 saturated carbocycles. The van der Waals surface area contributed by atoms with Gasteiger partial charge in [-0.05, 0) is 50.8 Å². The van der Waals surface area contributed by atoms with E-state index in [1.54, 1.807) is 18.2 Å². The maximum atomic E-state index is 12.6. The number of nitrogens with one attached hydrogen (secondary N) is 2. The Kier molecular flexibility index (Phi) is 2.85. The molecule has 20 heavy (non-hydrogen) atoms. The van der Waals surface area contributed by atoms with Crippen molar-refractivity contribution in [2.24, 2.45) is 5.92 Å². The van der Waals surface area contributed by atoms with Crippen LogP contribution >= 0.6 is 0 Å². The average molecular weight is 293 g/mol. The standard InChI is InChI=1S/C14H19N3O2S/c1-14(2,9-3-4-9)17-20(18,19)13-8-16-12-6-5-10(15)7-11(12)13/h5-9,16-17H,3-4,15H2,1-2H3. The van der Waals surface area contributed by atoms with Crippen molar-refractivity contribution in [3.05, 3.63) is 24.4 Å². The van der Waals surface area contributed by atoms with Gasteiger partial charge in [-0.25, -0.2) is 13.1 Å². The average Bonchev–Trinajstić information content (AvgIpc) is 3.09. The van der Waals surface area contributed by atoms with E-state index in [2.05, 4.69) is 9.71 Å². The van der Waals surface area contributed by atoms with Gasteiger partial charge in [0, 0.05) is 28.3 Å². The van der Waals surface area contributed by atoms with Crippen molar-refractivity contribution in [3.8, 4) is 0 Å². The van der Waals surface area contributed by atoms with Gasteiger partial charge in [-0.15, -0.1) is 0 Å². The zero-order valence-corrected chi connectivity index (χ0v) is 12.4. The number of H-pyrrole nitrogens is 1. The van der Waals surface area contributed by atoms with E-state index >= 15 is 0 Å². The molecule has 0 unspecified atom stereocenters. The monoisotopic (exact) mass is 293 g/mol. The first kappa shape index (κ1) is 13.5. The van der Waals surface area contributed by atoms with E-state index in [1.165, 1.54) is 6.20 Å². The second kappa shape index (κ2) is 4.23. The molecule has 0 saturated heterocycles. The number of hydrogen-bond donors (Lipinski definition) is 3. The van der Waals surface area contributed by atoms with Crippen LogP contribution < -0.4 is 10.5 Å². The van der Waals surface area contributed by atoms with Crippen LogP contribution in [0.15, 0.2) is 29.3 Å². The Morgan fingerprint density at radius 1 is 1.35 bits per heavy atom. The van der Waals surface area contributed by atoms with E-state index in [0.29, 0.717) is 17.0 Å². The van der Waals surface area contributed by atoms with Gasteiger partial charge in [0.1, 0.15) is 4.90 Å². The second-order valence-electron chi connectivity index (χ2n) is 6.06. The number of aromatic nitrogens is 1. The molecule has 6 heteroatoms. The Balaban J connectivity index is 2.03. The number of anilines is 1. The van der Waals surface area contributed by atoms with Gasteiger partial charge in [0.25, 0.3) is 0 Å². The molecule has 3 rings (SSSR count). The van der Waals surface area contributed by atoms with Gasteiger partial charge in [-0.1, -0.05) is 0 Å². The van der Waals surface area contributed by atoms with Crippen molar-refractivity contribution in [2.45, 2.75) is 37.1 Å². The summed E-state index contributed by atoms with van der Waals surface area (Å²) < 4.78 is 28.0. The summed E-state index contributed by atoms with van der Waals surface area (Å²) in [6, 6.07) is 5.22. The third-order valence-corrected chi connectivity index (χ3v) is 5.66. The zero-order valence-electron chi connectivity index (χ0n) is 11.6. The molecule has 1 aromatic heterocycles. The Bertz CT molecular complexity index is 758. The molecule has 1 aromatic carbocycles. The van der Waals surface area contributed by atoms with E-state index in [-0.39, 0.29) is 4.90 Å². The predicted octanol–water partition coefficient (Wildman–Crippen LogP) is 2.22. The number of rotatable bonds is 4. The number of sulfonamides is 1. The first-order valence-corrected chi connectivity index (χ1v) is 8.18. The fourth-order valence-corrected chi connectivity index (χ4v) is 4.27. The van der Waals surface area contributed by atoms with Crippen molar-refractivity contribution in [2.75, 3.05) is 5.73 Å². The molecule has 0 spiro atoms. The molecule has 0 atom stereocenters. The third-order valence-electron chi connectivity index (χ3n) is 3.95. The zero-order chi connectivity index (χ0) is 14.5. The molecule has 2 aromatic rings. The highest BCUT2D eigenvalue weighted by Gasteiger charge is 2.41. The lowest BCUT2D eigenvalue weighted by molar-refractivity contribution is 0.401. The second-order valence-corrected chi connectivity index (χ2v) is 7.71. The van der Waals surface area contributed by atoms with Gasteiger partial charge >= 0.3 is 0 Å². The molecule has 1 heterocycles. The highest BCUT2D eigenvalue weighted by atomic mass is 32.2. The molecule has 4 N–H and O–H groups in total. The lowest BCUT2D eigenvalue weighted by Crippen LogP contribution is -2.45. The number of nitrogens with two attached hydrogens (primary N) is 1. The quantitative estimate of drug-likeness (QED) is 0.755. The summed E-state index contributed by atoms with van der Waals surface area (Å²) >= 11 is 0. The van der Waals surface area contributed by atoms with Crippen LogP contribution in [0.5, 0.6) is 0 Å². The van der Waals surface area contributed by atoms with Gasteiger partial charge in [-0.2, -0.15) is 0 Å². The molecule has 0 radical (unpaired) electrons. The molecule has 0 amide bonds. The Hall–Kier alpha value is -1.53. The summed E-state index contributed by atoms with van der Waals surface area (Å²) in [6.07, 6.45) is 3.68. The molecule has 5 nitrogen and oxygen atoms in total. The predicted molar refractivity (Wildman–Crippen MR) is 79.8 cm³/mol. The van der Waals surface area contributed by atoms with E-state index in [9.17, 15) is 8.42 Å². The molecule has 108 valence electrons. The largest absolute Gasteiger partial charge is 0.399 e. The number of aromatic amines is 1. The normalized spacial score (nSPS) is 16.7. The summed E-state index contributed by atoms with van der Waals surface area (Å²) in [4.78, 5) is 3.24. The molecule has 1 aliphatic carbocycles. The summed E-state index contributed by atoms with van der Waals surface area (Å²) in [7, 11) is -3.56. The van der Waals surface area contributed by atoms with Crippen LogP contribution in [0.4, 0.5) is 5.69 Å². The van der Waals surface area contributed by atoms with Crippen molar-refractivity contribution < 1.29 is 8.42 Å². The minimum atomic E-state index is -3.56. The fourth-order valence-electron chi connectivity index (χ4n) is 2.62. The Labute approximate surface area is 118 Å². The van der Waals surface area contributed by atoms with E-state index in [4.69, 9.17) is 5.73 Å². The lowest BCUT2D eigenvalue weighted by atomic mass is 10.0. The van der Waals surface area contributed by atoms with Gasteiger partial charge in [0.05, 0.1) is 0 Å². The number of benzene rings is 1. The lowest BCUT2D eigenvalue weighted by Gasteiger charge is -2.25. The van der Waals surface area contributed by atoms with E-state index in [1.807, 2.05) is 13.8 Å². The van der Waals surface area contributed by atoms with Gasteiger partial charge in [0.15, 0.2) is 0 Å². The Morgan fingerprint density at radius 3 is 2.70 bits per heavy atom. The maximum absolute atomic E-state index is 12.6. The number of nitrogen functional groups attached to an aromatic ring is 1. The fraction of sp³-hybridized carbons (Fsp3) is 0.429. The molecule has 0 aliphatic heterocycles. The maximum Gasteiger partial charge on any atom is 0.243 e. The van der Waals surface area contributed by atoms with Crippen LogP contribution in [0.3, 0.4) is 0 Å². The summed E-state index contributed by atoms with van der Waals surface area (Å²) in [6.45, 7) is 3.87. The molecular weight excluding hydrogens is 274 g/mol. The van der Waals surface area contributed by atoms with Crippen molar-refractivity contribution in [3.63, 3.8) is 0 Å². The first-order valence-electron chi connectivity index (χ1n) is 6.70.